The molecule has 2 fully saturated rings. The topological polar surface area (TPSA) is 32.3 Å². The van der Waals surface area contributed by atoms with Crippen LogP contribution in [0.1, 0.15) is 65.2 Å². The van der Waals surface area contributed by atoms with E-state index in [2.05, 4.69) is 19.2 Å². The van der Waals surface area contributed by atoms with Crippen LogP contribution >= 0.6 is 0 Å². The largest absolute Gasteiger partial charge is 0.396 e. The van der Waals surface area contributed by atoms with Crippen LogP contribution in [0.25, 0.3) is 0 Å². The van der Waals surface area contributed by atoms with Crippen molar-refractivity contribution in [3.05, 3.63) is 0 Å². The van der Waals surface area contributed by atoms with Gasteiger partial charge in [0.2, 0.25) is 0 Å². The van der Waals surface area contributed by atoms with Crippen molar-refractivity contribution in [2.24, 2.45) is 23.7 Å². The van der Waals surface area contributed by atoms with E-state index in [9.17, 15) is 5.11 Å². The van der Waals surface area contributed by atoms with Crippen LogP contribution in [-0.4, -0.2) is 24.3 Å². The Labute approximate surface area is 119 Å². The van der Waals surface area contributed by atoms with Gasteiger partial charge in [-0.25, -0.2) is 0 Å². The molecule has 2 nitrogen and oxygen atoms in total. The van der Waals surface area contributed by atoms with E-state index in [4.69, 9.17) is 0 Å². The van der Waals surface area contributed by atoms with E-state index in [0.717, 1.165) is 30.3 Å². The second kappa shape index (κ2) is 7.64. The summed E-state index contributed by atoms with van der Waals surface area (Å²) in [5.74, 6) is 3.10. The lowest BCUT2D eigenvalue weighted by atomic mass is 9.81. The minimum absolute atomic E-state index is 0.396. The molecule has 112 valence electrons. The summed E-state index contributed by atoms with van der Waals surface area (Å²) in [6, 6.07) is 0.748. The van der Waals surface area contributed by atoms with Crippen molar-refractivity contribution in [3.63, 3.8) is 0 Å². The molecule has 0 amide bonds. The Morgan fingerprint density at radius 1 is 1.05 bits per heavy atom. The Bertz CT molecular complexity index is 254. The first-order valence-corrected chi connectivity index (χ1v) is 8.53. The summed E-state index contributed by atoms with van der Waals surface area (Å²) < 4.78 is 0. The fraction of sp³-hybridized carbons (Fsp3) is 1.00. The van der Waals surface area contributed by atoms with Crippen LogP contribution in [-0.2, 0) is 0 Å². The molecule has 0 bridgehead atoms. The Kier molecular flexibility index (Phi) is 6.15. The van der Waals surface area contributed by atoms with Crippen molar-refractivity contribution in [1.82, 2.24) is 5.32 Å². The van der Waals surface area contributed by atoms with Crippen LogP contribution in [0.5, 0.6) is 0 Å². The van der Waals surface area contributed by atoms with Crippen LogP contribution in [0.2, 0.25) is 0 Å². The fourth-order valence-corrected chi connectivity index (χ4v) is 4.30. The van der Waals surface area contributed by atoms with E-state index in [1.54, 1.807) is 0 Å². The van der Waals surface area contributed by atoms with E-state index in [-0.39, 0.29) is 0 Å². The molecule has 0 aromatic carbocycles. The van der Waals surface area contributed by atoms with Crippen molar-refractivity contribution in [1.29, 1.82) is 0 Å². The van der Waals surface area contributed by atoms with Gasteiger partial charge in [-0.05, 0) is 62.3 Å². The van der Waals surface area contributed by atoms with Gasteiger partial charge in [-0.15, -0.1) is 0 Å². The molecule has 0 aromatic heterocycles. The van der Waals surface area contributed by atoms with Gasteiger partial charge in [-0.1, -0.05) is 33.1 Å². The normalized spacial score (nSPS) is 36.0. The Balaban J connectivity index is 1.70. The van der Waals surface area contributed by atoms with Crippen LogP contribution < -0.4 is 5.32 Å². The van der Waals surface area contributed by atoms with Gasteiger partial charge in [0.25, 0.3) is 0 Å². The second-order valence-electron chi connectivity index (χ2n) is 7.40. The summed E-state index contributed by atoms with van der Waals surface area (Å²) in [6.45, 7) is 6.24. The van der Waals surface area contributed by atoms with Gasteiger partial charge < -0.3 is 10.4 Å². The molecule has 4 unspecified atom stereocenters. The monoisotopic (exact) mass is 267 g/mol. The van der Waals surface area contributed by atoms with Crippen LogP contribution in [0.4, 0.5) is 0 Å². The van der Waals surface area contributed by atoms with E-state index in [0.29, 0.717) is 12.5 Å². The number of hydrogen-bond donors (Lipinski definition) is 2. The molecule has 2 rings (SSSR count). The fourth-order valence-electron chi connectivity index (χ4n) is 4.30. The summed E-state index contributed by atoms with van der Waals surface area (Å²) in [5, 5.41) is 13.2. The van der Waals surface area contributed by atoms with Crippen molar-refractivity contribution >= 4 is 0 Å². The van der Waals surface area contributed by atoms with Gasteiger partial charge in [-0.2, -0.15) is 0 Å². The number of aliphatic hydroxyl groups excluding tert-OH is 1. The molecule has 2 aliphatic carbocycles. The first kappa shape index (κ1) is 15.3. The third kappa shape index (κ3) is 4.75. The van der Waals surface area contributed by atoms with Crippen LogP contribution in [0.15, 0.2) is 0 Å². The Morgan fingerprint density at radius 3 is 2.53 bits per heavy atom. The molecule has 0 aromatic rings. The highest BCUT2D eigenvalue weighted by Gasteiger charge is 2.28. The zero-order chi connectivity index (χ0) is 13.7. The molecule has 0 radical (unpaired) electrons. The molecular formula is C17H33NO. The lowest BCUT2D eigenvalue weighted by Gasteiger charge is -2.32. The summed E-state index contributed by atoms with van der Waals surface area (Å²) in [4.78, 5) is 0. The molecule has 2 aliphatic rings. The second-order valence-corrected chi connectivity index (χ2v) is 7.40. The lowest BCUT2D eigenvalue weighted by Crippen LogP contribution is -2.38. The van der Waals surface area contributed by atoms with Gasteiger partial charge in [0.1, 0.15) is 0 Å². The van der Waals surface area contributed by atoms with E-state index in [1.165, 1.54) is 51.4 Å². The summed E-state index contributed by atoms with van der Waals surface area (Å²) in [6.07, 6.45) is 10.9. The van der Waals surface area contributed by atoms with Crippen molar-refractivity contribution in [2.45, 2.75) is 71.3 Å². The highest BCUT2D eigenvalue weighted by Crippen LogP contribution is 2.32. The summed E-state index contributed by atoms with van der Waals surface area (Å²) >= 11 is 0. The number of nitrogens with one attached hydrogen (secondary N) is 1. The Morgan fingerprint density at radius 2 is 1.79 bits per heavy atom. The minimum Gasteiger partial charge on any atom is -0.396 e. The van der Waals surface area contributed by atoms with Crippen molar-refractivity contribution in [3.8, 4) is 0 Å². The zero-order valence-corrected chi connectivity index (χ0v) is 12.9. The predicted molar refractivity (Wildman–Crippen MR) is 81.1 cm³/mol. The molecule has 2 heteroatoms. The Hall–Kier alpha value is -0.0800. The highest BCUT2D eigenvalue weighted by atomic mass is 16.3. The lowest BCUT2D eigenvalue weighted by molar-refractivity contribution is 0.183. The van der Waals surface area contributed by atoms with E-state index < -0.39 is 0 Å². The maximum atomic E-state index is 9.39. The molecule has 0 heterocycles. The molecular weight excluding hydrogens is 234 g/mol. The zero-order valence-electron chi connectivity index (χ0n) is 12.9. The summed E-state index contributed by atoms with van der Waals surface area (Å²) in [7, 11) is 0. The van der Waals surface area contributed by atoms with Gasteiger partial charge in [-0.3, -0.25) is 0 Å². The van der Waals surface area contributed by atoms with Gasteiger partial charge in [0.15, 0.2) is 0 Å². The third-order valence-electron chi connectivity index (χ3n) is 5.31. The average molecular weight is 267 g/mol. The molecule has 0 spiro atoms. The molecule has 19 heavy (non-hydrogen) atoms. The first-order valence-electron chi connectivity index (χ1n) is 8.53. The predicted octanol–water partition coefficient (Wildman–Crippen LogP) is 3.59. The standard InChI is InChI=1S/C17H33NO/c1-13(2)9-14-5-3-8-17(10-14)18-11-15-6-4-7-16(15)12-19/h13-19H,3-12H2,1-2H3. The van der Waals surface area contributed by atoms with Gasteiger partial charge >= 0.3 is 0 Å². The third-order valence-corrected chi connectivity index (χ3v) is 5.31. The minimum atomic E-state index is 0.396. The number of hydrogen-bond acceptors (Lipinski definition) is 2. The van der Waals surface area contributed by atoms with Gasteiger partial charge in [0, 0.05) is 12.6 Å². The van der Waals surface area contributed by atoms with Crippen LogP contribution in [0.3, 0.4) is 0 Å². The molecule has 0 saturated heterocycles. The molecule has 2 saturated carbocycles. The van der Waals surface area contributed by atoms with Gasteiger partial charge in [0.05, 0.1) is 0 Å². The summed E-state index contributed by atoms with van der Waals surface area (Å²) in [5.41, 5.74) is 0. The first-order chi connectivity index (χ1) is 9.19. The quantitative estimate of drug-likeness (QED) is 0.771. The number of rotatable bonds is 6. The maximum Gasteiger partial charge on any atom is 0.0462 e. The van der Waals surface area contributed by atoms with E-state index in [1.807, 2.05) is 0 Å². The smallest absolute Gasteiger partial charge is 0.0462 e. The van der Waals surface area contributed by atoms with Crippen molar-refractivity contribution < 1.29 is 5.11 Å². The highest BCUT2D eigenvalue weighted by molar-refractivity contribution is 4.83. The van der Waals surface area contributed by atoms with Crippen molar-refractivity contribution in [2.75, 3.05) is 13.2 Å². The maximum absolute atomic E-state index is 9.39. The number of aliphatic hydroxyl groups is 1. The SMILES string of the molecule is CC(C)CC1CCCC(NCC2CCCC2CO)C1. The molecule has 4 atom stereocenters. The molecule has 2 N–H and O–H groups in total. The average Bonchev–Trinajstić information content (AvgIpc) is 2.83. The molecule has 0 aliphatic heterocycles. The van der Waals surface area contributed by atoms with E-state index >= 15 is 0 Å². The van der Waals surface area contributed by atoms with Crippen LogP contribution in [0, 0.1) is 23.7 Å².